The summed E-state index contributed by atoms with van der Waals surface area (Å²) in [7, 11) is 0. The predicted octanol–water partition coefficient (Wildman–Crippen LogP) is 10.5. The molecule has 0 saturated carbocycles. The first-order valence-corrected chi connectivity index (χ1v) is 13.7. The van der Waals surface area contributed by atoms with Gasteiger partial charge in [-0.1, -0.05) is 105 Å². The highest BCUT2D eigenvalue weighted by molar-refractivity contribution is 6.00. The van der Waals surface area contributed by atoms with Gasteiger partial charge in [0.15, 0.2) is 23.0 Å². The monoisotopic (exact) mass is 517 g/mol. The first-order chi connectivity index (χ1) is 19.6. The fraction of sp³-hybridized carbons (Fsp3) is 0.0811. The lowest BCUT2D eigenvalue weighted by Crippen LogP contribution is -2.15. The summed E-state index contributed by atoms with van der Waals surface area (Å²) >= 11 is 0. The Morgan fingerprint density at radius 3 is 2.12 bits per heavy atom. The van der Waals surface area contributed by atoms with Crippen molar-refractivity contribution in [1.82, 2.24) is 0 Å². The Bertz CT molecular complexity index is 1940. The number of nitrogens with zero attached hydrogens (tertiary/aromatic N) is 1. The summed E-state index contributed by atoms with van der Waals surface area (Å²) in [6.45, 7) is 4.57. The minimum atomic E-state index is -0.122. The Hall–Kier alpha value is -5.02. The molecule has 0 atom stereocenters. The van der Waals surface area contributed by atoms with Crippen LogP contribution in [0.5, 0.6) is 23.0 Å². The van der Waals surface area contributed by atoms with E-state index in [9.17, 15) is 0 Å². The quantitative estimate of drug-likeness (QED) is 0.233. The van der Waals surface area contributed by atoms with E-state index in [1.807, 2.05) is 18.2 Å². The number of para-hydroxylation sites is 2. The summed E-state index contributed by atoms with van der Waals surface area (Å²) in [5, 5.41) is 2.35. The molecule has 192 valence electrons. The van der Waals surface area contributed by atoms with Gasteiger partial charge in [0.2, 0.25) is 0 Å². The van der Waals surface area contributed by atoms with E-state index >= 15 is 0 Å². The maximum atomic E-state index is 6.97. The normalized spacial score (nSPS) is 13.8. The van der Waals surface area contributed by atoms with Crippen LogP contribution in [0.1, 0.15) is 25.0 Å². The van der Waals surface area contributed by atoms with Crippen molar-refractivity contribution < 1.29 is 9.47 Å². The van der Waals surface area contributed by atoms with Crippen molar-refractivity contribution in [2.45, 2.75) is 19.3 Å². The van der Waals surface area contributed by atoms with E-state index in [1.54, 1.807) is 0 Å². The number of fused-ring (bicyclic) bond motifs is 7. The third kappa shape index (κ3) is 3.24. The van der Waals surface area contributed by atoms with Gasteiger partial charge in [-0.3, -0.25) is 0 Å². The summed E-state index contributed by atoms with van der Waals surface area (Å²) in [6, 6.07) is 44.4. The Kier molecular flexibility index (Phi) is 4.86. The van der Waals surface area contributed by atoms with Crippen LogP contribution in [0.15, 0.2) is 127 Å². The fourth-order valence-electron chi connectivity index (χ4n) is 6.40. The first kappa shape index (κ1) is 22.9. The van der Waals surface area contributed by atoms with Crippen molar-refractivity contribution in [3.05, 3.63) is 139 Å². The molecule has 0 spiro atoms. The highest BCUT2D eigenvalue weighted by Gasteiger charge is 2.40. The molecule has 0 saturated heterocycles. The van der Waals surface area contributed by atoms with Crippen LogP contribution in [0.4, 0.5) is 17.1 Å². The van der Waals surface area contributed by atoms with Gasteiger partial charge in [-0.25, -0.2) is 0 Å². The minimum absolute atomic E-state index is 0.122. The lowest BCUT2D eigenvalue weighted by molar-refractivity contribution is 0.361. The molecule has 0 N–H and O–H groups in total. The second-order valence-electron chi connectivity index (χ2n) is 11.0. The fourth-order valence-corrected chi connectivity index (χ4v) is 6.40. The molecule has 0 amide bonds. The van der Waals surface area contributed by atoms with Gasteiger partial charge in [0.25, 0.3) is 0 Å². The summed E-state index contributed by atoms with van der Waals surface area (Å²) in [5.41, 5.74) is 7.82. The highest BCUT2D eigenvalue weighted by atomic mass is 16.6. The lowest BCUT2D eigenvalue weighted by Gasteiger charge is -2.31. The van der Waals surface area contributed by atoms with Crippen LogP contribution >= 0.6 is 0 Å². The van der Waals surface area contributed by atoms with E-state index in [2.05, 4.69) is 128 Å². The van der Waals surface area contributed by atoms with Gasteiger partial charge >= 0.3 is 0 Å². The maximum Gasteiger partial charge on any atom is 0.194 e. The molecule has 3 nitrogen and oxygen atoms in total. The van der Waals surface area contributed by atoms with Crippen LogP contribution in [0.25, 0.3) is 21.9 Å². The van der Waals surface area contributed by atoms with E-state index in [1.165, 1.54) is 27.5 Å². The SMILES string of the molecule is CC1(C)c2ccccc2-c2c1ccc1c2Oc2c(cccc2N(c2ccccc2)c2cccc3ccccc23)O1. The van der Waals surface area contributed by atoms with Crippen LogP contribution in [0.2, 0.25) is 0 Å². The molecule has 8 rings (SSSR count). The largest absolute Gasteiger partial charge is 0.449 e. The zero-order valence-corrected chi connectivity index (χ0v) is 22.4. The first-order valence-electron chi connectivity index (χ1n) is 13.7. The molecule has 0 bridgehead atoms. The average molecular weight is 518 g/mol. The van der Waals surface area contributed by atoms with Crippen molar-refractivity contribution in [3.8, 4) is 34.1 Å². The number of hydrogen-bond acceptors (Lipinski definition) is 3. The molecule has 3 heteroatoms. The van der Waals surface area contributed by atoms with Crippen molar-refractivity contribution in [1.29, 1.82) is 0 Å². The van der Waals surface area contributed by atoms with E-state index in [0.717, 1.165) is 34.1 Å². The number of anilines is 3. The molecule has 0 radical (unpaired) electrons. The molecular weight excluding hydrogens is 490 g/mol. The Morgan fingerprint density at radius 1 is 0.525 bits per heavy atom. The Balaban J connectivity index is 1.36. The molecule has 1 aliphatic heterocycles. The molecule has 40 heavy (non-hydrogen) atoms. The number of rotatable bonds is 3. The predicted molar refractivity (Wildman–Crippen MR) is 163 cm³/mol. The van der Waals surface area contributed by atoms with E-state index in [-0.39, 0.29) is 5.41 Å². The molecule has 2 aliphatic rings. The molecule has 1 aliphatic carbocycles. The summed E-state index contributed by atoms with van der Waals surface area (Å²) in [4.78, 5) is 2.27. The van der Waals surface area contributed by atoms with Crippen LogP contribution in [-0.4, -0.2) is 0 Å². The Labute approximate surface area is 233 Å². The molecule has 6 aromatic carbocycles. The summed E-state index contributed by atoms with van der Waals surface area (Å²) in [5.74, 6) is 2.94. The molecular formula is C37H27NO2. The average Bonchev–Trinajstić information content (AvgIpc) is 3.24. The third-order valence-electron chi connectivity index (χ3n) is 8.31. The van der Waals surface area contributed by atoms with Gasteiger partial charge in [0, 0.05) is 22.1 Å². The number of benzene rings is 6. The molecule has 0 aromatic heterocycles. The van der Waals surface area contributed by atoms with E-state index in [0.29, 0.717) is 11.5 Å². The van der Waals surface area contributed by atoms with Crippen LogP contribution in [0, 0.1) is 0 Å². The highest BCUT2D eigenvalue weighted by Crippen LogP contribution is 2.60. The van der Waals surface area contributed by atoms with Gasteiger partial charge in [-0.15, -0.1) is 0 Å². The zero-order chi connectivity index (χ0) is 26.8. The van der Waals surface area contributed by atoms with Crippen LogP contribution in [-0.2, 0) is 5.41 Å². The van der Waals surface area contributed by atoms with Crippen molar-refractivity contribution >= 4 is 27.8 Å². The van der Waals surface area contributed by atoms with Gasteiger partial charge in [-0.2, -0.15) is 0 Å². The van der Waals surface area contributed by atoms with Crippen LogP contribution < -0.4 is 14.4 Å². The molecule has 0 fully saturated rings. The smallest absolute Gasteiger partial charge is 0.194 e. The lowest BCUT2D eigenvalue weighted by atomic mass is 9.82. The second-order valence-corrected chi connectivity index (χ2v) is 11.0. The van der Waals surface area contributed by atoms with Gasteiger partial charge in [0.05, 0.1) is 11.4 Å². The van der Waals surface area contributed by atoms with Crippen molar-refractivity contribution in [3.63, 3.8) is 0 Å². The summed E-state index contributed by atoms with van der Waals surface area (Å²) < 4.78 is 13.6. The standard InChI is InChI=1S/C37H27NO2/c1-37(2)28-18-9-8-17-27(28)34-29(37)22-23-33-36(34)40-35-31(20-11-21-32(35)39-33)38(25-14-4-3-5-15-25)30-19-10-13-24-12-6-7-16-26(24)30/h3-23H,1-2H3. The van der Waals surface area contributed by atoms with Gasteiger partial charge in [0.1, 0.15) is 0 Å². The summed E-state index contributed by atoms with van der Waals surface area (Å²) in [6.07, 6.45) is 0. The molecule has 1 heterocycles. The Morgan fingerprint density at radius 2 is 1.23 bits per heavy atom. The maximum absolute atomic E-state index is 6.97. The molecule has 6 aromatic rings. The third-order valence-corrected chi connectivity index (χ3v) is 8.31. The number of hydrogen-bond donors (Lipinski definition) is 0. The minimum Gasteiger partial charge on any atom is -0.449 e. The van der Waals surface area contributed by atoms with Crippen molar-refractivity contribution in [2.24, 2.45) is 0 Å². The zero-order valence-electron chi connectivity index (χ0n) is 22.4. The second kappa shape index (κ2) is 8.49. The van der Waals surface area contributed by atoms with E-state index < -0.39 is 0 Å². The molecule has 0 unspecified atom stereocenters. The number of ether oxygens (including phenoxy) is 2. The van der Waals surface area contributed by atoms with Gasteiger partial charge < -0.3 is 14.4 Å². The van der Waals surface area contributed by atoms with Gasteiger partial charge in [-0.05, 0) is 58.5 Å². The van der Waals surface area contributed by atoms with Crippen LogP contribution in [0.3, 0.4) is 0 Å². The topological polar surface area (TPSA) is 21.7 Å². The van der Waals surface area contributed by atoms with Crippen molar-refractivity contribution in [2.75, 3.05) is 4.90 Å². The van der Waals surface area contributed by atoms with E-state index in [4.69, 9.17) is 9.47 Å².